The monoisotopic (exact) mass is 517 g/mol. The van der Waals surface area contributed by atoms with Crippen molar-refractivity contribution >= 4 is 51.1 Å². The number of hydrazone groups is 1. The van der Waals surface area contributed by atoms with Crippen molar-refractivity contribution in [2.24, 2.45) is 5.10 Å². The summed E-state index contributed by atoms with van der Waals surface area (Å²) in [6.07, 6.45) is 5.78. The molecule has 2 heterocycles. The molecule has 5 rings (SSSR count). The van der Waals surface area contributed by atoms with E-state index in [1.807, 2.05) is 73.6 Å². The number of carbonyl (C=O) groups excluding carboxylic acids is 1. The van der Waals surface area contributed by atoms with Gasteiger partial charge in [-0.3, -0.25) is 14.2 Å². The second-order valence-electron chi connectivity index (χ2n) is 8.83. The molecule has 0 saturated heterocycles. The molecule has 1 N–H and O–H groups in total. The molecule has 0 fully saturated rings. The van der Waals surface area contributed by atoms with E-state index < -0.39 is 0 Å². The van der Waals surface area contributed by atoms with Crippen LogP contribution in [-0.2, 0) is 17.6 Å². The molecule has 4 aromatic rings. The molecule has 36 heavy (non-hydrogen) atoms. The number of hydrogen-bond acceptors (Lipinski definition) is 7. The number of carbonyl (C=O) groups is 1. The maximum atomic E-state index is 13.7. The van der Waals surface area contributed by atoms with Crippen LogP contribution >= 0.6 is 23.1 Å². The fourth-order valence-electron chi connectivity index (χ4n) is 4.29. The maximum absolute atomic E-state index is 13.7. The van der Waals surface area contributed by atoms with Gasteiger partial charge >= 0.3 is 0 Å². The maximum Gasteiger partial charge on any atom is 0.267 e. The number of thioether (sulfide) groups is 1. The average molecular weight is 518 g/mol. The Morgan fingerprint density at radius 2 is 1.89 bits per heavy atom. The van der Waals surface area contributed by atoms with Crippen LogP contribution in [0.5, 0.6) is 0 Å². The molecule has 0 spiro atoms. The molecule has 184 valence electrons. The lowest BCUT2D eigenvalue weighted by molar-refractivity contribution is -0.118. The van der Waals surface area contributed by atoms with Crippen molar-refractivity contribution in [1.29, 1.82) is 0 Å². The number of aromatic nitrogens is 2. The summed E-state index contributed by atoms with van der Waals surface area (Å²) in [6, 6.07) is 17.4. The van der Waals surface area contributed by atoms with E-state index in [0.29, 0.717) is 5.16 Å². The molecule has 9 heteroatoms. The molecule has 1 aliphatic carbocycles. The Morgan fingerprint density at radius 1 is 1.14 bits per heavy atom. The molecular formula is C27H27N5O2S2. The second-order valence-corrected chi connectivity index (χ2v) is 10.9. The van der Waals surface area contributed by atoms with Gasteiger partial charge in [0.2, 0.25) is 0 Å². The van der Waals surface area contributed by atoms with Crippen molar-refractivity contribution in [3.8, 4) is 5.69 Å². The minimum absolute atomic E-state index is 0.0623. The zero-order valence-electron chi connectivity index (χ0n) is 20.2. The Labute approximate surface area is 217 Å². The Balaban J connectivity index is 1.36. The Morgan fingerprint density at radius 3 is 2.64 bits per heavy atom. The van der Waals surface area contributed by atoms with E-state index in [-0.39, 0.29) is 17.2 Å². The third kappa shape index (κ3) is 5.08. The molecule has 0 bridgehead atoms. The van der Waals surface area contributed by atoms with Crippen molar-refractivity contribution in [2.45, 2.75) is 30.8 Å². The summed E-state index contributed by atoms with van der Waals surface area (Å²) in [6.45, 7) is 0. The molecule has 0 atom stereocenters. The number of aryl methyl sites for hydroxylation is 2. The topological polar surface area (TPSA) is 79.6 Å². The van der Waals surface area contributed by atoms with Crippen LogP contribution in [-0.4, -0.2) is 41.5 Å². The smallest absolute Gasteiger partial charge is 0.267 e. The number of rotatable bonds is 7. The number of thiophene rings is 1. The van der Waals surface area contributed by atoms with Crippen LogP contribution in [0.4, 0.5) is 5.69 Å². The highest BCUT2D eigenvalue weighted by Crippen LogP contribution is 2.35. The quantitative estimate of drug-likeness (QED) is 0.167. The lowest BCUT2D eigenvalue weighted by atomic mass is 9.97. The number of nitrogens with one attached hydrogen (secondary N) is 1. The number of nitrogens with zero attached hydrogens (tertiary/aromatic N) is 4. The van der Waals surface area contributed by atoms with E-state index in [1.54, 1.807) is 22.1 Å². The Bertz CT molecular complexity index is 1470. The molecule has 0 unspecified atom stereocenters. The van der Waals surface area contributed by atoms with Gasteiger partial charge in [-0.25, -0.2) is 10.4 Å². The fourth-order valence-corrected chi connectivity index (χ4v) is 6.40. The van der Waals surface area contributed by atoms with Gasteiger partial charge in [-0.15, -0.1) is 11.3 Å². The fraction of sp³-hybridized carbons (Fsp3) is 0.259. The number of fused-ring (bicyclic) bond motifs is 3. The van der Waals surface area contributed by atoms with E-state index >= 15 is 0 Å². The highest BCUT2D eigenvalue weighted by atomic mass is 32.2. The zero-order chi connectivity index (χ0) is 25.1. The number of amides is 1. The number of benzene rings is 2. The van der Waals surface area contributed by atoms with Crippen LogP contribution in [0.15, 0.2) is 69.6 Å². The summed E-state index contributed by atoms with van der Waals surface area (Å²) in [7, 11) is 3.97. The van der Waals surface area contributed by atoms with E-state index in [4.69, 9.17) is 4.98 Å². The number of hydrogen-bond donors (Lipinski definition) is 1. The second kappa shape index (κ2) is 10.7. The summed E-state index contributed by atoms with van der Waals surface area (Å²) in [5.41, 5.74) is 6.40. The van der Waals surface area contributed by atoms with E-state index in [1.165, 1.54) is 16.6 Å². The van der Waals surface area contributed by atoms with Gasteiger partial charge in [-0.05, 0) is 61.1 Å². The number of anilines is 1. The van der Waals surface area contributed by atoms with E-state index in [0.717, 1.165) is 58.4 Å². The van der Waals surface area contributed by atoms with Gasteiger partial charge < -0.3 is 4.90 Å². The lowest BCUT2D eigenvalue weighted by Crippen LogP contribution is -2.24. The lowest BCUT2D eigenvalue weighted by Gasteiger charge is -2.13. The first-order valence-corrected chi connectivity index (χ1v) is 13.7. The molecule has 1 aliphatic rings. The van der Waals surface area contributed by atoms with E-state index in [9.17, 15) is 9.59 Å². The third-order valence-corrected chi connectivity index (χ3v) is 8.24. The predicted molar refractivity (Wildman–Crippen MR) is 149 cm³/mol. The van der Waals surface area contributed by atoms with Crippen molar-refractivity contribution in [3.63, 3.8) is 0 Å². The van der Waals surface area contributed by atoms with Gasteiger partial charge in [0.1, 0.15) is 4.83 Å². The van der Waals surface area contributed by atoms with Crippen molar-refractivity contribution in [1.82, 2.24) is 15.0 Å². The Hall–Kier alpha value is -3.43. The van der Waals surface area contributed by atoms with Gasteiger partial charge in [0.05, 0.1) is 23.0 Å². The minimum Gasteiger partial charge on any atom is -0.378 e. The third-order valence-electron chi connectivity index (χ3n) is 6.12. The first kappa shape index (κ1) is 24.3. The molecule has 1 amide bonds. The van der Waals surface area contributed by atoms with Crippen LogP contribution in [0, 0.1) is 0 Å². The summed E-state index contributed by atoms with van der Waals surface area (Å²) in [5, 5.41) is 5.33. The molecule has 7 nitrogen and oxygen atoms in total. The first-order valence-electron chi connectivity index (χ1n) is 11.9. The van der Waals surface area contributed by atoms with Gasteiger partial charge in [0.25, 0.3) is 11.5 Å². The molecule has 2 aromatic carbocycles. The standard InChI is InChI=1S/C27H27N5O2S2/c1-31(2)19-14-12-18(13-15-19)16-28-30-23(33)17-35-27-29-25-24(21-10-6-7-11-22(21)36-25)26(34)32(27)20-8-4-3-5-9-20/h3-5,8-9,12-16H,6-7,10-11,17H2,1-2H3,(H,30,33)/b28-16+. The van der Waals surface area contributed by atoms with Crippen LogP contribution in [0.2, 0.25) is 0 Å². The summed E-state index contributed by atoms with van der Waals surface area (Å²) in [5.74, 6) is -0.173. The SMILES string of the molecule is CN(C)c1ccc(/C=N/NC(=O)CSc2nc3sc4c(c3c(=O)n2-c2ccccc2)CCCC4)cc1. The molecule has 0 saturated carbocycles. The van der Waals surface area contributed by atoms with E-state index in [2.05, 4.69) is 10.5 Å². The first-order chi connectivity index (χ1) is 17.5. The minimum atomic E-state index is -0.263. The van der Waals surface area contributed by atoms with Gasteiger partial charge in [0, 0.05) is 24.7 Å². The Kier molecular flexibility index (Phi) is 7.20. The highest BCUT2D eigenvalue weighted by molar-refractivity contribution is 7.99. The molecule has 0 aliphatic heterocycles. The molecular weight excluding hydrogens is 490 g/mol. The van der Waals surface area contributed by atoms with Gasteiger partial charge in [-0.1, -0.05) is 42.1 Å². The molecule has 2 aromatic heterocycles. The van der Waals surface area contributed by atoms with Gasteiger partial charge in [-0.2, -0.15) is 5.10 Å². The average Bonchev–Trinajstić information content (AvgIpc) is 3.27. The largest absolute Gasteiger partial charge is 0.378 e. The van der Waals surface area contributed by atoms with Crippen molar-refractivity contribution in [2.75, 3.05) is 24.7 Å². The zero-order valence-corrected chi connectivity index (χ0v) is 21.9. The van der Waals surface area contributed by atoms with Crippen LogP contribution in [0.25, 0.3) is 15.9 Å². The van der Waals surface area contributed by atoms with Crippen LogP contribution in [0.1, 0.15) is 28.8 Å². The van der Waals surface area contributed by atoms with Crippen LogP contribution in [0.3, 0.4) is 0 Å². The van der Waals surface area contributed by atoms with Crippen molar-refractivity contribution < 1.29 is 4.79 Å². The summed E-state index contributed by atoms with van der Waals surface area (Å²) in [4.78, 5) is 35.2. The normalized spacial score (nSPS) is 13.2. The van der Waals surface area contributed by atoms with Crippen molar-refractivity contribution in [3.05, 3.63) is 81.0 Å². The summed E-state index contributed by atoms with van der Waals surface area (Å²) < 4.78 is 1.64. The molecule has 0 radical (unpaired) electrons. The highest BCUT2D eigenvalue weighted by Gasteiger charge is 2.23. The van der Waals surface area contributed by atoms with Gasteiger partial charge in [0.15, 0.2) is 5.16 Å². The predicted octanol–water partition coefficient (Wildman–Crippen LogP) is 4.63. The van der Waals surface area contributed by atoms with Crippen LogP contribution < -0.4 is 15.9 Å². The summed E-state index contributed by atoms with van der Waals surface area (Å²) >= 11 is 2.86. The number of para-hydroxylation sites is 1.